The standard InChI is InChI=1S/C55H61NO8/c1-3-54(57)61-37-15-11-7-5-9-13-35-59-50-30-26-48(27-31-50)46-22-17-43(18-23-46)41-63-52-34-21-45(40-56)39-53(52)64-42-44-19-24-47(25-20-44)49-28-32-51(33-29-49)60-36-14-10-6-8-12-16-38-62-55(58)4-2/h3-4,17-34,39H,1-2,5-16,35-38,41-42H2. The summed E-state index contributed by atoms with van der Waals surface area (Å²) in [5.74, 6) is 2.09. The van der Waals surface area contributed by atoms with Crippen LogP contribution in [0.2, 0.25) is 0 Å². The van der Waals surface area contributed by atoms with E-state index in [4.69, 9.17) is 28.4 Å². The third kappa shape index (κ3) is 17.5. The average molecular weight is 864 g/mol. The molecule has 334 valence electrons. The van der Waals surface area contributed by atoms with Gasteiger partial charge in [-0.1, -0.05) is 137 Å². The quantitative estimate of drug-likeness (QED) is 0.0253. The zero-order valence-corrected chi connectivity index (χ0v) is 37.0. The van der Waals surface area contributed by atoms with Crippen molar-refractivity contribution in [2.45, 2.75) is 90.3 Å². The minimum atomic E-state index is -0.358. The summed E-state index contributed by atoms with van der Waals surface area (Å²) in [6.07, 6.45) is 15.0. The van der Waals surface area contributed by atoms with Crippen LogP contribution >= 0.6 is 0 Å². The summed E-state index contributed by atoms with van der Waals surface area (Å²) in [5.41, 5.74) is 6.90. The van der Waals surface area contributed by atoms with Crippen molar-refractivity contribution < 1.29 is 38.0 Å². The lowest BCUT2D eigenvalue weighted by Gasteiger charge is -2.14. The van der Waals surface area contributed by atoms with Crippen molar-refractivity contribution in [1.82, 2.24) is 0 Å². The molecule has 0 bridgehead atoms. The summed E-state index contributed by atoms with van der Waals surface area (Å²) in [6, 6.07) is 40.3. The van der Waals surface area contributed by atoms with Crippen molar-refractivity contribution >= 4 is 11.9 Å². The Kier molecular flexibility index (Phi) is 21.1. The van der Waals surface area contributed by atoms with E-state index in [-0.39, 0.29) is 11.9 Å². The van der Waals surface area contributed by atoms with Gasteiger partial charge in [-0.25, -0.2) is 9.59 Å². The van der Waals surface area contributed by atoms with E-state index in [2.05, 4.69) is 79.9 Å². The lowest BCUT2D eigenvalue weighted by Crippen LogP contribution is -2.01. The third-order valence-electron chi connectivity index (χ3n) is 10.6. The van der Waals surface area contributed by atoms with Gasteiger partial charge in [-0.05, 0) is 95.5 Å². The lowest BCUT2D eigenvalue weighted by atomic mass is 10.0. The van der Waals surface area contributed by atoms with Gasteiger partial charge in [0.1, 0.15) is 24.7 Å². The van der Waals surface area contributed by atoms with Gasteiger partial charge in [0.25, 0.3) is 0 Å². The van der Waals surface area contributed by atoms with Crippen LogP contribution < -0.4 is 18.9 Å². The molecule has 0 heterocycles. The summed E-state index contributed by atoms with van der Waals surface area (Å²) in [4.78, 5) is 22.1. The molecule has 0 fully saturated rings. The Morgan fingerprint density at radius 1 is 0.438 bits per heavy atom. The average Bonchev–Trinajstić information content (AvgIpc) is 3.34. The first kappa shape index (κ1) is 48.2. The van der Waals surface area contributed by atoms with E-state index in [9.17, 15) is 14.9 Å². The van der Waals surface area contributed by atoms with Gasteiger partial charge >= 0.3 is 11.9 Å². The molecule has 9 nitrogen and oxygen atoms in total. The Labute approximate surface area is 379 Å². The number of benzene rings is 5. The summed E-state index contributed by atoms with van der Waals surface area (Å²) in [7, 11) is 0. The van der Waals surface area contributed by atoms with Crippen LogP contribution in [0.25, 0.3) is 22.3 Å². The largest absolute Gasteiger partial charge is 0.494 e. The summed E-state index contributed by atoms with van der Waals surface area (Å²) < 4.78 is 34.4. The zero-order valence-electron chi connectivity index (χ0n) is 37.0. The van der Waals surface area contributed by atoms with Crippen LogP contribution in [0, 0.1) is 11.3 Å². The maximum atomic E-state index is 11.1. The van der Waals surface area contributed by atoms with Crippen LogP contribution in [0.4, 0.5) is 0 Å². The van der Waals surface area contributed by atoms with Crippen LogP contribution in [-0.2, 0) is 32.3 Å². The van der Waals surface area contributed by atoms with Gasteiger partial charge in [0.15, 0.2) is 11.5 Å². The fourth-order valence-electron chi connectivity index (χ4n) is 6.87. The summed E-state index contributed by atoms with van der Waals surface area (Å²) >= 11 is 0. The number of hydrogen-bond donors (Lipinski definition) is 0. The van der Waals surface area contributed by atoms with Crippen LogP contribution in [0.5, 0.6) is 23.0 Å². The molecule has 0 aliphatic rings. The number of esters is 2. The number of rotatable bonds is 30. The van der Waals surface area contributed by atoms with E-state index in [0.717, 1.165) is 122 Å². The number of hydrogen-bond acceptors (Lipinski definition) is 9. The van der Waals surface area contributed by atoms with Gasteiger partial charge in [-0.2, -0.15) is 5.26 Å². The predicted molar refractivity (Wildman–Crippen MR) is 252 cm³/mol. The van der Waals surface area contributed by atoms with Gasteiger partial charge in [0.2, 0.25) is 0 Å². The van der Waals surface area contributed by atoms with Gasteiger partial charge < -0.3 is 28.4 Å². The molecule has 0 spiro atoms. The van der Waals surface area contributed by atoms with Crippen molar-refractivity contribution in [2.75, 3.05) is 26.4 Å². The molecule has 5 aromatic rings. The van der Waals surface area contributed by atoms with Gasteiger partial charge in [-0.15, -0.1) is 0 Å². The van der Waals surface area contributed by atoms with Gasteiger partial charge in [0, 0.05) is 18.2 Å². The molecular formula is C55H61NO8. The van der Waals surface area contributed by atoms with Crippen LogP contribution in [0.1, 0.15) is 93.7 Å². The van der Waals surface area contributed by atoms with E-state index >= 15 is 0 Å². The minimum Gasteiger partial charge on any atom is -0.494 e. The highest BCUT2D eigenvalue weighted by Gasteiger charge is 2.10. The number of unbranched alkanes of at least 4 members (excludes halogenated alkanes) is 10. The second-order valence-electron chi connectivity index (χ2n) is 15.5. The molecule has 0 radical (unpaired) electrons. The molecule has 0 amide bonds. The van der Waals surface area contributed by atoms with Crippen molar-refractivity contribution in [3.8, 4) is 51.3 Å². The molecule has 5 rings (SSSR count). The van der Waals surface area contributed by atoms with Crippen molar-refractivity contribution in [1.29, 1.82) is 5.26 Å². The molecule has 9 heteroatoms. The Hall–Kier alpha value is -6.79. The Bertz CT molecular complexity index is 2210. The molecule has 64 heavy (non-hydrogen) atoms. The fraction of sp³-hybridized carbons (Fsp3) is 0.327. The highest BCUT2D eigenvalue weighted by Crippen LogP contribution is 2.31. The van der Waals surface area contributed by atoms with Crippen LogP contribution in [0.15, 0.2) is 141 Å². The first-order valence-electron chi connectivity index (χ1n) is 22.5. The van der Waals surface area contributed by atoms with Crippen molar-refractivity contribution in [3.05, 3.63) is 157 Å². The second-order valence-corrected chi connectivity index (χ2v) is 15.5. The molecule has 5 aromatic carbocycles. The predicted octanol–water partition coefficient (Wildman–Crippen LogP) is 12.9. The molecule has 0 saturated heterocycles. The highest BCUT2D eigenvalue weighted by atomic mass is 16.5. The maximum Gasteiger partial charge on any atom is 0.330 e. The highest BCUT2D eigenvalue weighted by molar-refractivity contribution is 5.81. The Morgan fingerprint density at radius 3 is 1.19 bits per heavy atom. The first-order valence-corrected chi connectivity index (χ1v) is 22.5. The molecule has 0 unspecified atom stereocenters. The number of carbonyl (C=O) groups excluding carboxylic acids is 2. The van der Waals surface area contributed by atoms with Gasteiger partial charge in [0.05, 0.1) is 38.1 Å². The van der Waals surface area contributed by atoms with Crippen molar-refractivity contribution in [3.63, 3.8) is 0 Å². The molecule has 0 atom stereocenters. The second kappa shape index (κ2) is 28.0. The minimum absolute atomic E-state index is 0.321. The molecule has 0 aromatic heterocycles. The Balaban J connectivity index is 0.999. The fourth-order valence-corrected chi connectivity index (χ4v) is 6.87. The smallest absolute Gasteiger partial charge is 0.330 e. The van der Waals surface area contributed by atoms with Gasteiger partial charge in [-0.3, -0.25) is 0 Å². The van der Waals surface area contributed by atoms with E-state index in [1.54, 1.807) is 18.2 Å². The number of ether oxygens (including phenoxy) is 6. The summed E-state index contributed by atoms with van der Waals surface area (Å²) in [6.45, 7) is 9.75. The van der Waals surface area contributed by atoms with E-state index in [1.807, 2.05) is 36.4 Å². The van der Waals surface area contributed by atoms with E-state index in [1.165, 1.54) is 12.2 Å². The molecule has 0 N–H and O–H groups in total. The van der Waals surface area contributed by atoms with Crippen LogP contribution in [-0.4, -0.2) is 38.4 Å². The SMILES string of the molecule is C=CC(=O)OCCCCCCCCOc1ccc(-c2ccc(COc3ccc(C#N)cc3OCc3ccc(-c4ccc(OCCCCCCCCOC(=O)C=C)cc4)cc3)cc2)cc1. The summed E-state index contributed by atoms with van der Waals surface area (Å²) in [5, 5.41) is 9.58. The number of carbonyl (C=O) groups is 2. The van der Waals surface area contributed by atoms with E-state index < -0.39 is 0 Å². The molecule has 0 aliphatic carbocycles. The topological polar surface area (TPSA) is 113 Å². The molecular weight excluding hydrogens is 803 g/mol. The normalized spacial score (nSPS) is 10.6. The number of nitrogens with zero attached hydrogens (tertiary/aromatic N) is 1. The van der Waals surface area contributed by atoms with Crippen LogP contribution in [0.3, 0.4) is 0 Å². The zero-order chi connectivity index (χ0) is 45.0. The monoisotopic (exact) mass is 863 g/mol. The first-order chi connectivity index (χ1) is 31.4. The third-order valence-corrected chi connectivity index (χ3v) is 10.6. The Morgan fingerprint density at radius 2 is 0.797 bits per heavy atom. The van der Waals surface area contributed by atoms with Crippen molar-refractivity contribution in [2.24, 2.45) is 0 Å². The van der Waals surface area contributed by atoms with E-state index in [0.29, 0.717) is 56.7 Å². The molecule has 0 saturated carbocycles. The number of nitriles is 1. The molecule has 0 aliphatic heterocycles. The maximum absolute atomic E-state index is 11.1. The lowest BCUT2D eigenvalue weighted by molar-refractivity contribution is -0.138.